The van der Waals surface area contributed by atoms with Crippen molar-refractivity contribution >= 4 is 33.2 Å². The molecule has 6 heteroatoms. The van der Waals surface area contributed by atoms with Crippen LogP contribution < -0.4 is 10.9 Å². The number of H-pyrrole nitrogens is 1. The smallest absolute Gasteiger partial charge is 0.268 e. The van der Waals surface area contributed by atoms with Gasteiger partial charge in [0.2, 0.25) is 5.56 Å². The van der Waals surface area contributed by atoms with Gasteiger partial charge in [0.25, 0.3) is 5.91 Å². The molecule has 0 saturated heterocycles. The van der Waals surface area contributed by atoms with Crippen LogP contribution in [-0.2, 0) is 6.54 Å². The Kier molecular flexibility index (Phi) is 3.75. The maximum atomic E-state index is 11.7. The van der Waals surface area contributed by atoms with Gasteiger partial charge in [-0.05, 0) is 34.1 Å². The van der Waals surface area contributed by atoms with Gasteiger partial charge in [-0.2, -0.15) is 0 Å². The fraction of sp³-hybridized carbons (Fsp3) is 0.0909. The monoisotopic (exact) mass is 312 g/mol. The Morgan fingerprint density at radius 1 is 1.35 bits per heavy atom. The number of thiophene rings is 1. The second-order valence-electron chi connectivity index (χ2n) is 3.32. The second kappa shape index (κ2) is 5.29. The summed E-state index contributed by atoms with van der Waals surface area (Å²) in [4.78, 5) is 26.2. The van der Waals surface area contributed by atoms with Gasteiger partial charge in [-0.3, -0.25) is 9.59 Å². The number of nitrogens with one attached hydrogen (secondary N) is 2. The van der Waals surface area contributed by atoms with Crippen molar-refractivity contribution in [3.8, 4) is 0 Å². The molecule has 0 unspecified atom stereocenters. The molecular weight excluding hydrogens is 304 g/mol. The molecule has 88 valence electrons. The van der Waals surface area contributed by atoms with Crippen LogP contribution in [0.4, 0.5) is 0 Å². The van der Waals surface area contributed by atoms with E-state index in [1.165, 1.54) is 6.07 Å². The number of rotatable bonds is 3. The van der Waals surface area contributed by atoms with Crippen molar-refractivity contribution in [1.82, 2.24) is 10.3 Å². The number of amides is 1. The summed E-state index contributed by atoms with van der Waals surface area (Å²) in [5.74, 6) is -0.285. The molecule has 0 fully saturated rings. The first-order valence-corrected chi connectivity index (χ1v) is 6.48. The van der Waals surface area contributed by atoms with Crippen LogP contribution in [0.2, 0.25) is 0 Å². The molecule has 0 atom stereocenters. The standard InChI is InChI=1S/C11H9BrN2O2S/c12-9-5-4-7(17-9)6-13-11(16)8-2-1-3-10(15)14-8/h1-5H,6H2,(H,13,16)(H,14,15). The highest BCUT2D eigenvalue weighted by molar-refractivity contribution is 9.11. The van der Waals surface area contributed by atoms with Gasteiger partial charge in [-0.15, -0.1) is 11.3 Å². The Balaban J connectivity index is 2.00. The summed E-state index contributed by atoms with van der Waals surface area (Å²) in [5, 5.41) is 2.74. The van der Waals surface area contributed by atoms with Crippen molar-refractivity contribution in [1.29, 1.82) is 0 Å². The van der Waals surface area contributed by atoms with Crippen LogP contribution in [0.5, 0.6) is 0 Å². The van der Waals surface area contributed by atoms with E-state index in [-0.39, 0.29) is 17.2 Å². The summed E-state index contributed by atoms with van der Waals surface area (Å²) < 4.78 is 1.02. The average molecular weight is 313 g/mol. The van der Waals surface area contributed by atoms with Crippen molar-refractivity contribution in [2.45, 2.75) is 6.54 Å². The highest BCUT2D eigenvalue weighted by Crippen LogP contribution is 2.21. The van der Waals surface area contributed by atoms with Crippen LogP contribution in [0.15, 0.2) is 38.9 Å². The third-order valence-corrected chi connectivity index (χ3v) is 3.69. The number of hydrogen-bond acceptors (Lipinski definition) is 3. The first kappa shape index (κ1) is 12.1. The van der Waals surface area contributed by atoms with Crippen LogP contribution in [0.3, 0.4) is 0 Å². The summed E-state index contributed by atoms with van der Waals surface area (Å²) in [6, 6.07) is 8.35. The molecular formula is C11H9BrN2O2S. The minimum atomic E-state index is -0.285. The van der Waals surface area contributed by atoms with E-state index in [4.69, 9.17) is 0 Å². The molecule has 0 aliphatic carbocycles. The lowest BCUT2D eigenvalue weighted by molar-refractivity contribution is 0.0946. The van der Waals surface area contributed by atoms with Gasteiger partial charge < -0.3 is 10.3 Å². The highest BCUT2D eigenvalue weighted by Gasteiger charge is 2.06. The van der Waals surface area contributed by atoms with Crippen molar-refractivity contribution in [3.05, 3.63) is 55.0 Å². The van der Waals surface area contributed by atoms with Crippen LogP contribution in [0.25, 0.3) is 0 Å². The Bertz CT molecular complexity index is 591. The van der Waals surface area contributed by atoms with Crippen molar-refractivity contribution < 1.29 is 4.79 Å². The molecule has 1 amide bonds. The number of halogens is 1. The van der Waals surface area contributed by atoms with Crippen molar-refractivity contribution in [2.24, 2.45) is 0 Å². The quantitative estimate of drug-likeness (QED) is 0.912. The minimum absolute atomic E-state index is 0.271. The number of carbonyl (C=O) groups excluding carboxylic acids is 1. The van der Waals surface area contributed by atoms with Crippen LogP contribution >= 0.6 is 27.3 Å². The molecule has 0 aromatic carbocycles. The molecule has 2 aromatic rings. The minimum Gasteiger partial charge on any atom is -0.346 e. The van der Waals surface area contributed by atoms with Crippen LogP contribution in [0.1, 0.15) is 15.4 Å². The molecule has 4 nitrogen and oxygen atoms in total. The Hall–Kier alpha value is -1.40. The molecule has 0 radical (unpaired) electrons. The van der Waals surface area contributed by atoms with E-state index >= 15 is 0 Å². The highest BCUT2D eigenvalue weighted by atomic mass is 79.9. The molecule has 2 rings (SSSR count). The van der Waals surface area contributed by atoms with Gasteiger partial charge >= 0.3 is 0 Å². The lowest BCUT2D eigenvalue weighted by Crippen LogP contribution is -2.25. The maximum absolute atomic E-state index is 11.7. The molecule has 2 aromatic heterocycles. The zero-order chi connectivity index (χ0) is 12.3. The second-order valence-corrected chi connectivity index (χ2v) is 5.86. The van der Waals surface area contributed by atoms with E-state index in [1.54, 1.807) is 23.5 Å². The molecule has 2 N–H and O–H groups in total. The van der Waals surface area contributed by atoms with Gasteiger partial charge in [-0.25, -0.2) is 0 Å². The topological polar surface area (TPSA) is 62.0 Å². The summed E-state index contributed by atoms with van der Waals surface area (Å²) in [6.07, 6.45) is 0. The molecule has 0 spiro atoms. The summed E-state index contributed by atoms with van der Waals surface area (Å²) in [5.41, 5.74) is -0.00959. The number of aromatic amines is 1. The number of hydrogen-bond donors (Lipinski definition) is 2. The molecule has 17 heavy (non-hydrogen) atoms. The van der Waals surface area contributed by atoms with E-state index in [0.717, 1.165) is 8.66 Å². The SMILES string of the molecule is O=C(NCc1ccc(Br)s1)c1cccc(=O)[nH]1. The van der Waals surface area contributed by atoms with E-state index < -0.39 is 0 Å². The van der Waals surface area contributed by atoms with Gasteiger partial charge in [0.05, 0.1) is 10.3 Å². The third-order valence-electron chi connectivity index (χ3n) is 2.07. The Morgan fingerprint density at radius 2 is 2.18 bits per heavy atom. The number of aromatic nitrogens is 1. The Labute approximate surface area is 110 Å². The Morgan fingerprint density at radius 3 is 2.82 bits per heavy atom. The predicted octanol–water partition coefficient (Wildman–Crippen LogP) is 2.13. The third kappa shape index (κ3) is 3.28. The van der Waals surface area contributed by atoms with E-state index in [9.17, 15) is 9.59 Å². The summed E-state index contributed by atoms with van der Waals surface area (Å²) in [6.45, 7) is 0.450. The predicted molar refractivity (Wildman–Crippen MR) is 70.3 cm³/mol. The van der Waals surface area contributed by atoms with Gasteiger partial charge in [0, 0.05) is 10.9 Å². The van der Waals surface area contributed by atoms with Crippen LogP contribution in [-0.4, -0.2) is 10.9 Å². The average Bonchev–Trinajstić information content (AvgIpc) is 2.72. The fourth-order valence-electron chi connectivity index (χ4n) is 1.29. The van der Waals surface area contributed by atoms with E-state index in [2.05, 4.69) is 26.2 Å². The zero-order valence-electron chi connectivity index (χ0n) is 8.70. The largest absolute Gasteiger partial charge is 0.346 e. The molecule has 2 heterocycles. The first-order chi connectivity index (χ1) is 8.15. The van der Waals surface area contributed by atoms with Crippen molar-refractivity contribution in [3.63, 3.8) is 0 Å². The molecule has 0 saturated carbocycles. The fourth-order valence-corrected chi connectivity index (χ4v) is 2.71. The molecule has 0 aliphatic heterocycles. The van der Waals surface area contributed by atoms with E-state index in [0.29, 0.717) is 6.54 Å². The van der Waals surface area contributed by atoms with E-state index in [1.807, 2.05) is 12.1 Å². The van der Waals surface area contributed by atoms with Crippen molar-refractivity contribution in [2.75, 3.05) is 0 Å². The number of carbonyl (C=O) groups is 1. The first-order valence-electron chi connectivity index (χ1n) is 4.87. The van der Waals surface area contributed by atoms with Gasteiger partial charge in [0.1, 0.15) is 5.69 Å². The zero-order valence-corrected chi connectivity index (χ0v) is 11.1. The lowest BCUT2D eigenvalue weighted by Gasteiger charge is -2.02. The van der Waals surface area contributed by atoms with Gasteiger partial charge in [-0.1, -0.05) is 6.07 Å². The van der Waals surface area contributed by atoms with Gasteiger partial charge in [0.15, 0.2) is 0 Å². The molecule has 0 aliphatic rings. The number of pyridine rings is 1. The van der Waals surface area contributed by atoms with Crippen LogP contribution in [0, 0.1) is 0 Å². The normalized spacial score (nSPS) is 10.2. The lowest BCUT2D eigenvalue weighted by atomic mass is 10.3. The maximum Gasteiger partial charge on any atom is 0.268 e. The summed E-state index contributed by atoms with van der Waals surface area (Å²) in [7, 11) is 0. The summed E-state index contributed by atoms with van der Waals surface area (Å²) >= 11 is 4.91. The molecule has 0 bridgehead atoms.